The number of sulfonamides is 1. The van der Waals surface area contributed by atoms with Gasteiger partial charge in [-0.15, -0.1) is 0 Å². The van der Waals surface area contributed by atoms with Crippen molar-refractivity contribution in [3.05, 3.63) is 24.3 Å². The molecule has 0 spiro atoms. The van der Waals surface area contributed by atoms with Gasteiger partial charge in [0, 0.05) is 20.1 Å². The lowest BCUT2D eigenvalue weighted by molar-refractivity contribution is 0.328. The van der Waals surface area contributed by atoms with Gasteiger partial charge in [-0.3, -0.25) is 0 Å². The van der Waals surface area contributed by atoms with Crippen LogP contribution in [-0.4, -0.2) is 39.5 Å². The molecule has 0 saturated heterocycles. The van der Waals surface area contributed by atoms with Crippen molar-refractivity contribution in [3.63, 3.8) is 0 Å². The smallest absolute Gasteiger partial charge is 0.242 e. The number of nitrogens with zero attached hydrogens (tertiary/aromatic N) is 1. The molecule has 0 saturated carbocycles. The van der Waals surface area contributed by atoms with E-state index in [-0.39, 0.29) is 4.90 Å². The van der Waals surface area contributed by atoms with Crippen molar-refractivity contribution in [2.24, 2.45) is 5.73 Å². The molecule has 18 heavy (non-hydrogen) atoms. The lowest BCUT2D eigenvalue weighted by atomic mass is 10.3. The van der Waals surface area contributed by atoms with Crippen LogP contribution in [0.1, 0.15) is 13.3 Å². The van der Waals surface area contributed by atoms with E-state index in [1.807, 2.05) is 6.92 Å². The summed E-state index contributed by atoms with van der Waals surface area (Å²) in [6, 6.07) is 6.38. The van der Waals surface area contributed by atoms with Crippen LogP contribution in [-0.2, 0) is 10.0 Å². The summed E-state index contributed by atoms with van der Waals surface area (Å²) in [5.74, 6) is 0.623. The molecule has 0 heterocycles. The number of hydrogen-bond donors (Lipinski definition) is 1. The third-order valence-corrected chi connectivity index (χ3v) is 4.33. The molecule has 0 aliphatic rings. The highest BCUT2D eigenvalue weighted by Crippen LogP contribution is 2.18. The summed E-state index contributed by atoms with van der Waals surface area (Å²) in [4.78, 5) is 0.276. The standard InChI is InChI=1S/C12H20N2O3S/c1-3-9-14(2)18(15,16)12-6-4-11(5-7-12)17-10-8-13/h4-7H,3,8-10,13H2,1-2H3. The minimum Gasteiger partial charge on any atom is -0.492 e. The molecule has 0 unspecified atom stereocenters. The van der Waals surface area contributed by atoms with Gasteiger partial charge in [0.1, 0.15) is 12.4 Å². The SMILES string of the molecule is CCCN(C)S(=O)(=O)c1ccc(OCCN)cc1. The highest BCUT2D eigenvalue weighted by atomic mass is 32.2. The number of nitrogens with two attached hydrogens (primary N) is 1. The van der Waals surface area contributed by atoms with Crippen molar-refractivity contribution < 1.29 is 13.2 Å². The molecule has 1 aromatic rings. The summed E-state index contributed by atoms with van der Waals surface area (Å²) >= 11 is 0. The summed E-state index contributed by atoms with van der Waals surface area (Å²) in [6.45, 7) is 3.30. The third-order valence-electron chi connectivity index (χ3n) is 2.46. The van der Waals surface area contributed by atoms with Crippen LogP contribution >= 0.6 is 0 Å². The maximum absolute atomic E-state index is 12.1. The molecule has 2 N–H and O–H groups in total. The zero-order valence-corrected chi connectivity index (χ0v) is 11.6. The molecule has 0 aromatic heterocycles. The first kappa shape index (κ1) is 14.9. The fourth-order valence-electron chi connectivity index (χ4n) is 1.50. The van der Waals surface area contributed by atoms with Crippen molar-refractivity contribution in [1.82, 2.24) is 4.31 Å². The van der Waals surface area contributed by atoms with Gasteiger partial charge in [-0.25, -0.2) is 12.7 Å². The van der Waals surface area contributed by atoms with E-state index < -0.39 is 10.0 Å². The molecule has 0 atom stereocenters. The van der Waals surface area contributed by atoms with Crippen LogP contribution in [0.5, 0.6) is 5.75 Å². The summed E-state index contributed by atoms with van der Waals surface area (Å²) in [6.07, 6.45) is 0.785. The topological polar surface area (TPSA) is 72.6 Å². The van der Waals surface area contributed by atoms with Crippen LogP contribution in [0.4, 0.5) is 0 Å². The molecule has 0 aliphatic heterocycles. The van der Waals surface area contributed by atoms with Gasteiger partial charge in [0.05, 0.1) is 4.90 Å². The molecule has 0 fully saturated rings. The van der Waals surface area contributed by atoms with Crippen molar-refractivity contribution in [2.75, 3.05) is 26.7 Å². The Bertz CT molecular complexity index is 457. The van der Waals surface area contributed by atoms with Gasteiger partial charge in [0.2, 0.25) is 10.0 Å². The Morgan fingerprint density at radius 2 is 1.89 bits per heavy atom. The molecular formula is C12H20N2O3S. The average Bonchev–Trinajstić information content (AvgIpc) is 2.37. The fraction of sp³-hybridized carbons (Fsp3) is 0.500. The second-order valence-electron chi connectivity index (χ2n) is 3.94. The van der Waals surface area contributed by atoms with Crippen molar-refractivity contribution in [2.45, 2.75) is 18.2 Å². The summed E-state index contributed by atoms with van der Waals surface area (Å²) in [7, 11) is -1.80. The average molecular weight is 272 g/mol. The molecule has 1 aromatic carbocycles. The van der Waals surface area contributed by atoms with Crippen LogP contribution in [0.2, 0.25) is 0 Å². The first-order valence-electron chi connectivity index (χ1n) is 5.91. The first-order valence-corrected chi connectivity index (χ1v) is 7.35. The normalized spacial score (nSPS) is 11.8. The van der Waals surface area contributed by atoms with Crippen LogP contribution in [0.3, 0.4) is 0 Å². The van der Waals surface area contributed by atoms with Gasteiger partial charge >= 0.3 is 0 Å². The van der Waals surface area contributed by atoms with E-state index in [2.05, 4.69) is 0 Å². The van der Waals surface area contributed by atoms with E-state index in [4.69, 9.17) is 10.5 Å². The van der Waals surface area contributed by atoms with E-state index in [0.717, 1.165) is 6.42 Å². The van der Waals surface area contributed by atoms with Gasteiger partial charge in [0.15, 0.2) is 0 Å². The Hall–Kier alpha value is -1.11. The number of benzene rings is 1. The molecule has 1 rings (SSSR count). The van der Waals surface area contributed by atoms with E-state index in [1.165, 1.54) is 4.31 Å². The molecule has 0 radical (unpaired) electrons. The molecule has 102 valence electrons. The minimum absolute atomic E-state index is 0.276. The largest absolute Gasteiger partial charge is 0.492 e. The van der Waals surface area contributed by atoms with Gasteiger partial charge in [-0.05, 0) is 30.7 Å². The van der Waals surface area contributed by atoms with Crippen molar-refractivity contribution in [1.29, 1.82) is 0 Å². The van der Waals surface area contributed by atoms with Crippen LogP contribution in [0, 0.1) is 0 Å². The van der Waals surface area contributed by atoms with Crippen LogP contribution in [0.15, 0.2) is 29.2 Å². The Morgan fingerprint density at radius 3 is 2.39 bits per heavy atom. The molecule has 0 aliphatic carbocycles. The Kier molecular flexibility index (Phi) is 5.58. The lowest BCUT2D eigenvalue weighted by Crippen LogP contribution is -2.27. The fourth-order valence-corrected chi connectivity index (χ4v) is 2.76. The Labute approximate surface area is 109 Å². The molecular weight excluding hydrogens is 252 g/mol. The van der Waals surface area contributed by atoms with Crippen LogP contribution in [0.25, 0.3) is 0 Å². The maximum Gasteiger partial charge on any atom is 0.242 e. The van der Waals surface area contributed by atoms with Crippen molar-refractivity contribution >= 4 is 10.0 Å². The zero-order valence-electron chi connectivity index (χ0n) is 10.8. The zero-order chi connectivity index (χ0) is 13.6. The minimum atomic E-state index is -3.39. The predicted molar refractivity (Wildman–Crippen MR) is 71.1 cm³/mol. The van der Waals surface area contributed by atoms with Gasteiger partial charge in [-0.1, -0.05) is 6.92 Å². The maximum atomic E-state index is 12.1. The number of rotatable bonds is 7. The lowest BCUT2D eigenvalue weighted by Gasteiger charge is -2.16. The summed E-state index contributed by atoms with van der Waals surface area (Å²) in [5.41, 5.74) is 5.32. The summed E-state index contributed by atoms with van der Waals surface area (Å²) < 4.78 is 30.9. The van der Waals surface area contributed by atoms with Gasteiger partial charge < -0.3 is 10.5 Å². The molecule has 5 nitrogen and oxygen atoms in total. The van der Waals surface area contributed by atoms with Gasteiger partial charge in [0.25, 0.3) is 0 Å². The van der Waals surface area contributed by atoms with E-state index in [0.29, 0.717) is 25.4 Å². The Morgan fingerprint density at radius 1 is 1.28 bits per heavy atom. The van der Waals surface area contributed by atoms with E-state index >= 15 is 0 Å². The monoisotopic (exact) mass is 272 g/mol. The highest BCUT2D eigenvalue weighted by Gasteiger charge is 2.19. The highest BCUT2D eigenvalue weighted by molar-refractivity contribution is 7.89. The quantitative estimate of drug-likeness (QED) is 0.805. The second kappa shape index (κ2) is 6.72. The van der Waals surface area contributed by atoms with E-state index in [9.17, 15) is 8.42 Å². The number of ether oxygens (including phenoxy) is 1. The number of hydrogen-bond acceptors (Lipinski definition) is 4. The van der Waals surface area contributed by atoms with Crippen LogP contribution < -0.4 is 10.5 Å². The molecule has 0 amide bonds. The van der Waals surface area contributed by atoms with Crippen molar-refractivity contribution in [3.8, 4) is 5.75 Å². The predicted octanol–water partition coefficient (Wildman–Crippen LogP) is 1.05. The third kappa shape index (κ3) is 3.69. The molecule has 6 heteroatoms. The van der Waals surface area contributed by atoms with Gasteiger partial charge in [-0.2, -0.15) is 0 Å². The first-order chi connectivity index (χ1) is 8.52. The van der Waals surface area contributed by atoms with E-state index in [1.54, 1.807) is 31.3 Å². The molecule has 0 bridgehead atoms. The Balaban J connectivity index is 2.84. The summed E-state index contributed by atoms with van der Waals surface area (Å²) in [5, 5.41) is 0. The second-order valence-corrected chi connectivity index (χ2v) is 5.98.